The van der Waals surface area contributed by atoms with Crippen molar-refractivity contribution in [1.82, 2.24) is 14.9 Å². The largest absolute Gasteiger partial charge is 0.299 e. The first kappa shape index (κ1) is 10.6. The highest BCUT2D eigenvalue weighted by Gasteiger charge is 2.00. The van der Waals surface area contributed by atoms with Gasteiger partial charge in [0.25, 0.3) is 0 Å². The monoisotopic (exact) mass is 188 g/mol. The standard InChI is InChI=1S/C6H8N4O.ClH/c1-5-8-2-3-10(5)6(7)9-4-11;/h2-4H,1H3,(H2,7,9,11);1H. The molecule has 0 radical (unpaired) electrons. The quantitative estimate of drug-likeness (QED) is 0.374. The molecule has 1 aromatic heterocycles. The number of nitrogens with one attached hydrogen (secondary N) is 2. The molecule has 66 valence electrons. The smallest absolute Gasteiger partial charge is 0.213 e. The Morgan fingerprint density at radius 3 is 2.92 bits per heavy atom. The average molecular weight is 189 g/mol. The van der Waals surface area contributed by atoms with Gasteiger partial charge in [-0.3, -0.25) is 20.1 Å². The van der Waals surface area contributed by atoms with E-state index in [1.165, 1.54) is 4.57 Å². The van der Waals surface area contributed by atoms with E-state index in [9.17, 15) is 4.79 Å². The second kappa shape index (κ2) is 4.50. The summed E-state index contributed by atoms with van der Waals surface area (Å²) in [6.07, 6.45) is 3.63. The van der Waals surface area contributed by atoms with Gasteiger partial charge in [-0.1, -0.05) is 0 Å². The van der Waals surface area contributed by atoms with Crippen molar-refractivity contribution in [1.29, 1.82) is 5.41 Å². The molecule has 0 fully saturated rings. The third-order valence-corrected chi connectivity index (χ3v) is 1.26. The first-order chi connectivity index (χ1) is 5.25. The van der Waals surface area contributed by atoms with Gasteiger partial charge in [0.2, 0.25) is 12.4 Å². The maximum absolute atomic E-state index is 9.94. The molecular formula is C6H9ClN4O. The zero-order valence-electron chi connectivity index (χ0n) is 6.44. The molecule has 0 saturated carbocycles. The molecule has 0 spiro atoms. The van der Waals surface area contributed by atoms with Crippen LogP contribution < -0.4 is 5.32 Å². The molecule has 2 N–H and O–H groups in total. The number of imidazole rings is 1. The first-order valence-corrected chi connectivity index (χ1v) is 3.04. The zero-order valence-corrected chi connectivity index (χ0v) is 7.26. The van der Waals surface area contributed by atoms with Gasteiger partial charge in [-0.15, -0.1) is 12.4 Å². The van der Waals surface area contributed by atoms with Crippen LogP contribution in [0, 0.1) is 12.3 Å². The molecule has 12 heavy (non-hydrogen) atoms. The molecule has 1 amide bonds. The number of hydrogen-bond donors (Lipinski definition) is 2. The number of nitrogens with zero attached hydrogens (tertiary/aromatic N) is 2. The number of carbonyl (C=O) groups excluding carboxylic acids is 1. The van der Waals surface area contributed by atoms with Crippen LogP contribution in [0.3, 0.4) is 0 Å². The minimum absolute atomic E-state index is 0. The number of hydrogen-bond acceptors (Lipinski definition) is 3. The van der Waals surface area contributed by atoms with Crippen LogP contribution in [0.2, 0.25) is 0 Å². The molecular weight excluding hydrogens is 180 g/mol. The molecule has 1 heterocycles. The summed E-state index contributed by atoms with van der Waals surface area (Å²) >= 11 is 0. The van der Waals surface area contributed by atoms with Crippen LogP contribution in [0.1, 0.15) is 5.82 Å². The molecule has 6 heteroatoms. The molecule has 0 atom stereocenters. The van der Waals surface area contributed by atoms with Gasteiger partial charge in [0.15, 0.2) is 0 Å². The van der Waals surface area contributed by atoms with E-state index in [2.05, 4.69) is 10.3 Å². The molecule has 0 aliphatic carbocycles. The number of aryl methyl sites for hydroxylation is 1. The number of halogens is 1. The lowest BCUT2D eigenvalue weighted by molar-refractivity contribution is -0.108. The second-order valence-corrected chi connectivity index (χ2v) is 1.96. The minimum Gasteiger partial charge on any atom is -0.299 e. The van der Waals surface area contributed by atoms with Crippen molar-refractivity contribution in [2.24, 2.45) is 0 Å². The Labute approximate surface area is 75.7 Å². The summed E-state index contributed by atoms with van der Waals surface area (Å²) < 4.78 is 1.47. The van der Waals surface area contributed by atoms with E-state index >= 15 is 0 Å². The maximum Gasteiger partial charge on any atom is 0.213 e. The number of aromatic nitrogens is 2. The summed E-state index contributed by atoms with van der Waals surface area (Å²) in [6, 6.07) is 0. The highest BCUT2D eigenvalue weighted by atomic mass is 35.5. The molecule has 0 aliphatic heterocycles. The van der Waals surface area contributed by atoms with Gasteiger partial charge in [-0.2, -0.15) is 0 Å². The second-order valence-electron chi connectivity index (χ2n) is 1.96. The van der Waals surface area contributed by atoms with Crippen LogP contribution in [-0.4, -0.2) is 21.9 Å². The molecule has 0 saturated heterocycles. The fraction of sp³-hybridized carbons (Fsp3) is 0.167. The minimum atomic E-state index is 0. The Morgan fingerprint density at radius 1 is 1.83 bits per heavy atom. The SMILES string of the molecule is Cc1nccn1C(=N)NC=O.Cl. The lowest BCUT2D eigenvalue weighted by Crippen LogP contribution is -2.28. The van der Waals surface area contributed by atoms with Gasteiger partial charge in [0.05, 0.1) is 0 Å². The Hall–Kier alpha value is -1.36. The first-order valence-electron chi connectivity index (χ1n) is 3.04. The van der Waals surface area contributed by atoms with Crippen molar-refractivity contribution in [2.45, 2.75) is 6.92 Å². The maximum atomic E-state index is 9.94. The summed E-state index contributed by atoms with van der Waals surface area (Å²) in [5, 5.41) is 9.48. The Bertz CT molecular complexity index is 283. The van der Waals surface area contributed by atoms with Gasteiger partial charge in [-0.25, -0.2) is 4.98 Å². The zero-order chi connectivity index (χ0) is 8.27. The van der Waals surface area contributed by atoms with Crippen molar-refractivity contribution < 1.29 is 4.79 Å². The molecule has 0 aromatic carbocycles. The van der Waals surface area contributed by atoms with E-state index in [4.69, 9.17) is 5.41 Å². The van der Waals surface area contributed by atoms with Gasteiger partial charge in [-0.05, 0) is 6.92 Å². The van der Waals surface area contributed by atoms with Crippen LogP contribution in [0.25, 0.3) is 0 Å². The van der Waals surface area contributed by atoms with E-state index < -0.39 is 0 Å². The van der Waals surface area contributed by atoms with E-state index in [0.717, 1.165) is 0 Å². The highest BCUT2D eigenvalue weighted by Crippen LogP contribution is 1.91. The third-order valence-electron chi connectivity index (χ3n) is 1.26. The van der Waals surface area contributed by atoms with Crippen LogP contribution in [0.15, 0.2) is 12.4 Å². The third kappa shape index (κ3) is 2.06. The van der Waals surface area contributed by atoms with Crippen molar-refractivity contribution in [3.05, 3.63) is 18.2 Å². The predicted molar refractivity (Wildman–Crippen MR) is 46.5 cm³/mol. The van der Waals surface area contributed by atoms with Crippen LogP contribution in [0.4, 0.5) is 0 Å². The van der Waals surface area contributed by atoms with Crippen molar-refractivity contribution in [2.75, 3.05) is 0 Å². The van der Waals surface area contributed by atoms with Crippen molar-refractivity contribution in [3.8, 4) is 0 Å². The van der Waals surface area contributed by atoms with Gasteiger partial charge < -0.3 is 0 Å². The van der Waals surface area contributed by atoms with Crippen molar-refractivity contribution >= 4 is 24.8 Å². The number of rotatable bonds is 1. The van der Waals surface area contributed by atoms with Crippen LogP contribution in [0.5, 0.6) is 0 Å². The lowest BCUT2D eigenvalue weighted by atomic mass is 10.7. The van der Waals surface area contributed by atoms with Crippen LogP contribution in [-0.2, 0) is 4.79 Å². The molecule has 0 aliphatic rings. The fourth-order valence-corrected chi connectivity index (χ4v) is 0.740. The summed E-state index contributed by atoms with van der Waals surface area (Å²) in [7, 11) is 0. The molecule has 0 bridgehead atoms. The summed E-state index contributed by atoms with van der Waals surface area (Å²) in [5.74, 6) is 0.680. The Balaban J connectivity index is 0.00000121. The summed E-state index contributed by atoms with van der Waals surface area (Å²) in [5.41, 5.74) is 0. The average Bonchev–Trinajstić information content (AvgIpc) is 2.36. The fourth-order valence-electron chi connectivity index (χ4n) is 0.740. The summed E-state index contributed by atoms with van der Waals surface area (Å²) in [6.45, 7) is 1.75. The van der Waals surface area contributed by atoms with Gasteiger partial charge in [0.1, 0.15) is 5.82 Å². The topological polar surface area (TPSA) is 70.8 Å². The number of amides is 1. The van der Waals surface area contributed by atoms with Crippen LogP contribution >= 0.6 is 12.4 Å². The van der Waals surface area contributed by atoms with Crippen molar-refractivity contribution in [3.63, 3.8) is 0 Å². The van der Waals surface area contributed by atoms with E-state index in [1.807, 2.05) is 0 Å². The van der Waals surface area contributed by atoms with E-state index in [1.54, 1.807) is 19.3 Å². The Morgan fingerprint density at radius 2 is 2.50 bits per heavy atom. The lowest BCUT2D eigenvalue weighted by Gasteiger charge is -2.02. The molecule has 5 nitrogen and oxygen atoms in total. The normalized spacial score (nSPS) is 8.42. The van der Waals surface area contributed by atoms with E-state index in [0.29, 0.717) is 12.2 Å². The molecule has 0 unspecified atom stereocenters. The van der Waals surface area contributed by atoms with E-state index in [-0.39, 0.29) is 18.4 Å². The predicted octanol–water partition coefficient (Wildman–Crippen LogP) is 0.142. The molecule has 1 aromatic rings. The summed E-state index contributed by atoms with van der Waals surface area (Å²) in [4.78, 5) is 13.8. The Kier molecular flexibility index (Phi) is 3.99. The highest BCUT2D eigenvalue weighted by molar-refractivity contribution is 5.88. The molecule has 1 rings (SSSR count). The van der Waals surface area contributed by atoms with Gasteiger partial charge >= 0.3 is 0 Å². The number of carbonyl (C=O) groups is 1. The van der Waals surface area contributed by atoms with Gasteiger partial charge in [0, 0.05) is 12.4 Å².